The summed E-state index contributed by atoms with van der Waals surface area (Å²) in [4.78, 5) is 11.4. The average molecular weight is 309 g/mol. The Hall–Kier alpha value is -1.79. The van der Waals surface area contributed by atoms with Crippen molar-refractivity contribution in [2.24, 2.45) is 0 Å². The van der Waals surface area contributed by atoms with Crippen molar-refractivity contribution in [2.45, 2.75) is 25.9 Å². The molecule has 4 N–H and O–H groups in total. The van der Waals surface area contributed by atoms with Gasteiger partial charge in [0.25, 0.3) is 0 Å². The molecule has 0 radical (unpaired) electrons. The molecule has 6 heteroatoms. The fourth-order valence-corrected chi connectivity index (χ4v) is 1.74. The monoisotopic (exact) mass is 309 g/mol. The maximum absolute atomic E-state index is 11.4. The van der Waals surface area contributed by atoms with E-state index in [9.17, 15) is 9.90 Å². The van der Waals surface area contributed by atoms with Crippen LogP contribution in [-0.4, -0.2) is 50.0 Å². The van der Waals surface area contributed by atoms with Crippen molar-refractivity contribution in [1.82, 2.24) is 16.0 Å². The molecule has 1 rings (SSSR count). The molecule has 0 fully saturated rings. The maximum Gasteiger partial charge on any atom is 0.314 e. The highest BCUT2D eigenvalue weighted by Crippen LogP contribution is 2.08. The number of benzene rings is 1. The van der Waals surface area contributed by atoms with E-state index in [0.717, 1.165) is 18.6 Å². The van der Waals surface area contributed by atoms with Gasteiger partial charge in [0.2, 0.25) is 0 Å². The Kier molecular flexibility index (Phi) is 9.81. The predicted molar refractivity (Wildman–Crippen MR) is 87.1 cm³/mol. The van der Waals surface area contributed by atoms with Crippen molar-refractivity contribution in [2.75, 3.05) is 32.8 Å². The summed E-state index contributed by atoms with van der Waals surface area (Å²) in [6.07, 6.45) is 1.46. The van der Waals surface area contributed by atoms with Gasteiger partial charge in [0.1, 0.15) is 18.5 Å². The second kappa shape index (κ2) is 11.8. The van der Waals surface area contributed by atoms with Crippen LogP contribution >= 0.6 is 0 Å². The van der Waals surface area contributed by atoms with Gasteiger partial charge in [0.05, 0.1) is 0 Å². The van der Waals surface area contributed by atoms with Crippen LogP contribution in [0.15, 0.2) is 30.3 Å². The van der Waals surface area contributed by atoms with Gasteiger partial charge in [-0.15, -0.1) is 0 Å². The van der Waals surface area contributed by atoms with E-state index < -0.39 is 6.10 Å². The molecule has 0 saturated carbocycles. The number of para-hydroxylation sites is 1. The molecule has 0 aliphatic rings. The van der Waals surface area contributed by atoms with Gasteiger partial charge in [-0.05, 0) is 18.6 Å². The Morgan fingerprint density at radius 2 is 1.91 bits per heavy atom. The zero-order chi connectivity index (χ0) is 16.0. The molecule has 124 valence electrons. The zero-order valence-electron chi connectivity index (χ0n) is 13.2. The summed E-state index contributed by atoms with van der Waals surface area (Å²) in [5, 5.41) is 18.4. The number of rotatable bonds is 11. The molecule has 0 aliphatic heterocycles. The van der Waals surface area contributed by atoms with Gasteiger partial charge in [0, 0.05) is 26.2 Å². The van der Waals surface area contributed by atoms with Gasteiger partial charge >= 0.3 is 6.03 Å². The summed E-state index contributed by atoms with van der Waals surface area (Å²) in [6.45, 7) is 4.56. The van der Waals surface area contributed by atoms with Gasteiger partial charge in [-0.25, -0.2) is 4.79 Å². The van der Waals surface area contributed by atoms with Gasteiger partial charge in [-0.1, -0.05) is 31.5 Å². The Labute approximate surface area is 132 Å². The quantitative estimate of drug-likeness (QED) is 0.462. The van der Waals surface area contributed by atoms with Crippen molar-refractivity contribution in [1.29, 1.82) is 0 Å². The van der Waals surface area contributed by atoms with Crippen molar-refractivity contribution < 1.29 is 14.6 Å². The van der Waals surface area contributed by atoms with E-state index in [-0.39, 0.29) is 12.6 Å². The van der Waals surface area contributed by atoms with Crippen LogP contribution in [0.1, 0.15) is 19.8 Å². The van der Waals surface area contributed by atoms with Crippen LogP contribution in [0.25, 0.3) is 0 Å². The summed E-state index contributed by atoms with van der Waals surface area (Å²) in [7, 11) is 0. The number of carbonyl (C=O) groups is 1. The highest BCUT2D eigenvalue weighted by atomic mass is 16.5. The van der Waals surface area contributed by atoms with Gasteiger partial charge < -0.3 is 25.8 Å². The molecule has 1 unspecified atom stereocenters. The SMILES string of the molecule is CCCCNC(=O)NCCNCC(O)COc1ccccc1. The molecule has 0 spiro atoms. The second-order valence-electron chi connectivity index (χ2n) is 5.02. The third kappa shape index (κ3) is 9.20. The minimum absolute atomic E-state index is 0.150. The molecule has 22 heavy (non-hydrogen) atoms. The van der Waals surface area contributed by atoms with E-state index in [2.05, 4.69) is 22.9 Å². The Morgan fingerprint density at radius 1 is 1.18 bits per heavy atom. The highest BCUT2D eigenvalue weighted by molar-refractivity contribution is 5.73. The van der Waals surface area contributed by atoms with E-state index >= 15 is 0 Å². The minimum Gasteiger partial charge on any atom is -0.491 e. The topological polar surface area (TPSA) is 82.6 Å². The number of amides is 2. The van der Waals surface area contributed by atoms with Crippen LogP contribution in [0.5, 0.6) is 5.75 Å². The van der Waals surface area contributed by atoms with Crippen LogP contribution in [0.4, 0.5) is 4.79 Å². The number of urea groups is 1. The van der Waals surface area contributed by atoms with Crippen LogP contribution in [0.2, 0.25) is 0 Å². The third-order valence-electron chi connectivity index (χ3n) is 2.97. The molecule has 1 aromatic rings. The average Bonchev–Trinajstić information content (AvgIpc) is 2.54. The number of unbranched alkanes of at least 4 members (excludes halogenated alkanes) is 1. The number of aliphatic hydroxyl groups is 1. The molecule has 0 saturated heterocycles. The largest absolute Gasteiger partial charge is 0.491 e. The molecular weight excluding hydrogens is 282 g/mol. The first-order valence-electron chi connectivity index (χ1n) is 7.80. The van der Waals surface area contributed by atoms with Crippen LogP contribution in [-0.2, 0) is 0 Å². The lowest BCUT2D eigenvalue weighted by atomic mass is 10.3. The van der Waals surface area contributed by atoms with E-state index in [1.54, 1.807) is 0 Å². The Balaban J connectivity index is 1.96. The molecular formula is C16H27N3O3. The lowest BCUT2D eigenvalue weighted by molar-refractivity contribution is 0.106. The molecule has 0 aromatic heterocycles. The van der Waals surface area contributed by atoms with E-state index in [1.807, 2.05) is 30.3 Å². The summed E-state index contributed by atoms with van der Waals surface area (Å²) < 4.78 is 5.45. The number of carbonyl (C=O) groups excluding carboxylic acids is 1. The summed E-state index contributed by atoms with van der Waals surface area (Å²) >= 11 is 0. The first-order valence-corrected chi connectivity index (χ1v) is 7.80. The molecule has 1 atom stereocenters. The first-order chi connectivity index (χ1) is 10.7. The van der Waals surface area contributed by atoms with E-state index in [4.69, 9.17) is 4.74 Å². The second-order valence-corrected chi connectivity index (χ2v) is 5.02. The van der Waals surface area contributed by atoms with E-state index in [1.165, 1.54) is 0 Å². The molecule has 0 bridgehead atoms. The molecule has 1 aromatic carbocycles. The van der Waals surface area contributed by atoms with Crippen molar-refractivity contribution >= 4 is 6.03 Å². The number of hydrogen-bond acceptors (Lipinski definition) is 4. The summed E-state index contributed by atoms with van der Waals surface area (Å²) in [5.74, 6) is 0.743. The number of nitrogens with one attached hydrogen (secondary N) is 3. The highest BCUT2D eigenvalue weighted by Gasteiger charge is 2.04. The normalized spacial score (nSPS) is 11.7. The molecule has 0 heterocycles. The maximum atomic E-state index is 11.4. The summed E-state index contributed by atoms with van der Waals surface area (Å²) in [6, 6.07) is 9.23. The number of ether oxygens (including phenoxy) is 1. The van der Waals surface area contributed by atoms with Crippen molar-refractivity contribution in [3.8, 4) is 5.75 Å². The van der Waals surface area contributed by atoms with Crippen LogP contribution < -0.4 is 20.7 Å². The Morgan fingerprint density at radius 3 is 2.64 bits per heavy atom. The standard InChI is InChI=1S/C16H27N3O3/c1-2-3-9-18-16(21)19-11-10-17-12-14(20)13-22-15-7-5-4-6-8-15/h4-8,14,17,20H,2-3,9-13H2,1H3,(H2,18,19,21). The van der Waals surface area contributed by atoms with Crippen molar-refractivity contribution in [3.05, 3.63) is 30.3 Å². The van der Waals surface area contributed by atoms with Gasteiger partial charge in [-0.3, -0.25) is 0 Å². The zero-order valence-corrected chi connectivity index (χ0v) is 13.2. The van der Waals surface area contributed by atoms with E-state index in [0.29, 0.717) is 26.2 Å². The number of aliphatic hydroxyl groups excluding tert-OH is 1. The molecule has 2 amide bonds. The smallest absolute Gasteiger partial charge is 0.314 e. The van der Waals surface area contributed by atoms with Crippen LogP contribution in [0, 0.1) is 0 Å². The van der Waals surface area contributed by atoms with Crippen molar-refractivity contribution in [3.63, 3.8) is 0 Å². The third-order valence-corrected chi connectivity index (χ3v) is 2.97. The lowest BCUT2D eigenvalue weighted by Gasteiger charge is -2.13. The molecule has 6 nitrogen and oxygen atoms in total. The number of hydrogen-bond donors (Lipinski definition) is 4. The Bertz CT molecular complexity index is 401. The predicted octanol–water partition coefficient (Wildman–Crippen LogP) is 1.12. The fourth-order valence-electron chi connectivity index (χ4n) is 1.74. The fraction of sp³-hybridized carbons (Fsp3) is 0.562. The van der Waals surface area contributed by atoms with Gasteiger partial charge in [-0.2, -0.15) is 0 Å². The van der Waals surface area contributed by atoms with Gasteiger partial charge in [0.15, 0.2) is 0 Å². The first kappa shape index (κ1) is 18.3. The minimum atomic E-state index is -0.585. The lowest BCUT2D eigenvalue weighted by Crippen LogP contribution is -2.41. The van der Waals surface area contributed by atoms with Crippen LogP contribution in [0.3, 0.4) is 0 Å². The molecule has 0 aliphatic carbocycles. The summed E-state index contributed by atoms with van der Waals surface area (Å²) in [5.41, 5.74) is 0.